The van der Waals surface area contributed by atoms with Crippen LogP contribution in [0.3, 0.4) is 0 Å². The van der Waals surface area contributed by atoms with Crippen LogP contribution in [-0.4, -0.2) is 9.97 Å². The molecule has 0 unspecified atom stereocenters. The van der Waals surface area contributed by atoms with E-state index in [-0.39, 0.29) is 5.92 Å². The Balaban J connectivity index is 1.81. The molecule has 0 aliphatic carbocycles. The second-order valence-electron chi connectivity index (χ2n) is 6.85. The van der Waals surface area contributed by atoms with E-state index in [0.717, 1.165) is 25.0 Å². The van der Waals surface area contributed by atoms with E-state index in [1.165, 1.54) is 27.5 Å². The summed E-state index contributed by atoms with van der Waals surface area (Å²) in [5.74, 6) is 0.0726. The van der Waals surface area contributed by atoms with E-state index in [1.54, 1.807) is 0 Å². The highest BCUT2D eigenvalue weighted by Crippen LogP contribution is 2.40. The molecule has 0 amide bonds. The summed E-state index contributed by atoms with van der Waals surface area (Å²) in [6, 6.07) is 20.8. The lowest BCUT2D eigenvalue weighted by Gasteiger charge is -2.18. The Morgan fingerprint density at radius 1 is 0.679 bits per heavy atom. The van der Waals surface area contributed by atoms with Crippen LogP contribution < -0.4 is 0 Å². The number of benzene rings is 3. The minimum Gasteiger partial charge on any atom is -0.361 e. The van der Waals surface area contributed by atoms with Crippen molar-refractivity contribution in [2.24, 2.45) is 0 Å². The van der Waals surface area contributed by atoms with Crippen molar-refractivity contribution >= 4 is 65.3 Å². The van der Waals surface area contributed by atoms with Crippen LogP contribution in [0.4, 0.5) is 0 Å². The zero-order valence-corrected chi connectivity index (χ0v) is 18.6. The van der Waals surface area contributed by atoms with Gasteiger partial charge >= 0.3 is 0 Å². The molecule has 5 aromatic rings. The summed E-state index contributed by atoms with van der Waals surface area (Å²) in [7, 11) is 0. The zero-order chi connectivity index (χ0) is 19.3. The van der Waals surface area contributed by atoms with E-state index >= 15 is 0 Å². The van der Waals surface area contributed by atoms with Crippen LogP contribution in [0.1, 0.15) is 22.6 Å². The van der Waals surface area contributed by atoms with Crippen molar-refractivity contribution in [3.8, 4) is 0 Å². The molecule has 0 saturated carbocycles. The largest absolute Gasteiger partial charge is 0.361 e. The van der Waals surface area contributed by atoms with E-state index in [1.807, 2.05) is 12.1 Å². The van der Waals surface area contributed by atoms with Gasteiger partial charge in [0.05, 0.1) is 0 Å². The average molecular weight is 515 g/mol. The van der Waals surface area contributed by atoms with Crippen molar-refractivity contribution < 1.29 is 0 Å². The molecule has 5 rings (SSSR count). The zero-order valence-electron chi connectivity index (χ0n) is 14.6. The summed E-state index contributed by atoms with van der Waals surface area (Å²) in [5, 5.41) is 3.16. The third-order valence-corrected chi connectivity index (χ3v) is 6.42. The summed E-state index contributed by atoms with van der Waals surface area (Å²) < 4.78 is 2.13. The number of hydrogen-bond acceptors (Lipinski definition) is 0. The normalized spacial score (nSPS) is 11.7. The molecule has 2 heterocycles. The molecular weight excluding hydrogens is 500 g/mol. The van der Waals surface area contributed by atoms with Crippen LogP contribution in [0, 0.1) is 0 Å². The third kappa shape index (κ3) is 3.10. The van der Waals surface area contributed by atoms with Crippen LogP contribution in [0.5, 0.6) is 0 Å². The van der Waals surface area contributed by atoms with Crippen molar-refractivity contribution in [1.29, 1.82) is 0 Å². The summed E-state index contributed by atoms with van der Waals surface area (Å²) in [5.41, 5.74) is 5.92. The molecule has 2 nitrogen and oxygen atoms in total. The molecule has 0 saturated heterocycles. The van der Waals surface area contributed by atoms with Gasteiger partial charge in [0.25, 0.3) is 0 Å². The number of H-pyrrole nitrogens is 2. The fourth-order valence-corrected chi connectivity index (χ4v) is 4.74. The van der Waals surface area contributed by atoms with E-state index in [4.69, 9.17) is 11.6 Å². The number of fused-ring (bicyclic) bond motifs is 2. The van der Waals surface area contributed by atoms with Gasteiger partial charge in [-0.15, -0.1) is 0 Å². The lowest BCUT2D eigenvalue weighted by atomic mass is 9.85. The first-order valence-electron chi connectivity index (χ1n) is 8.89. The van der Waals surface area contributed by atoms with Gasteiger partial charge in [-0.2, -0.15) is 0 Å². The van der Waals surface area contributed by atoms with E-state index in [0.29, 0.717) is 0 Å². The van der Waals surface area contributed by atoms with Gasteiger partial charge in [-0.1, -0.05) is 55.6 Å². The van der Waals surface area contributed by atoms with Gasteiger partial charge in [0, 0.05) is 54.1 Å². The first kappa shape index (κ1) is 18.0. The van der Waals surface area contributed by atoms with Gasteiger partial charge in [-0.05, 0) is 65.2 Å². The van der Waals surface area contributed by atoms with Crippen LogP contribution >= 0.6 is 43.5 Å². The van der Waals surface area contributed by atoms with E-state index in [2.05, 4.69) is 103 Å². The Labute approximate surface area is 184 Å². The Morgan fingerprint density at radius 3 is 1.68 bits per heavy atom. The molecule has 28 heavy (non-hydrogen) atoms. The molecule has 0 fully saturated rings. The summed E-state index contributed by atoms with van der Waals surface area (Å²) in [4.78, 5) is 6.86. The fourth-order valence-electron chi connectivity index (χ4n) is 3.89. The van der Waals surface area contributed by atoms with Crippen molar-refractivity contribution in [3.05, 3.63) is 104 Å². The van der Waals surface area contributed by atoms with Crippen molar-refractivity contribution in [3.63, 3.8) is 0 Å². The maximum absolute atomic E-state index is 6.17. The first-order chi connectivity index (χ1) is 13.6. The Bertz CT molecular complexity index is 1220. The molecule has 138 valence electrons. The minimum absolute atomic E-state index is 0.0726. The van der Waals surface area contributed by atoms with Gasteiger partial charge in [-0.3, -0.25) is 0 Å². The highest BCUT2D eigenvalue weighted by molar-refractivity contribution is 9.10. The van der Waals surface area contributed by atoms with Gasteiger partial charge in [0.15, 0.2) is 0 Å². The third-order valence-electron chi connectivity index (χ3n) is 5.18. The summed E-state index contributed by atoms with van der Waals surface area (Å²) >= 11 is 13.4. The number of hydrogen-bond donors (Lipinski definition) is 2. The topological polar surface area (TPSA) is 31.6 Å². The van der Waals surface area contributed by atoms with Crippen molar-refractivity contribution in [2.45, 2.75) is 5.92 Å². The number of rotatable bonds is 3. The molecule has 0 spiro atoms. The maximum Gasteiger partial charge on any atom is 0.0457 e. The Morgan fingerprint density at radius 2 is 1.18 bits per heavy atom. The average Bonchev–Trinajstić information content (AvgIpc) is 3.28. The molecule has 0 atom stereocenters. The van der Waals surface area contributed by atoms with Crippen molar-refractivity contribution in [1.82, 2.24) is 9.97 Å². The van der Waals surface area contributed by atoms with Gasteiger partial charge < -0.3 is 9.97 Å². The second kappa shape index (κ2) is 7.11. The molecule has 2 aromatic heterocycles. The van der Waals surface area contributed by atoms with Crippen LogP contribution in [0.2, 0.25) is 5.02 Å². The smallest absolute Gasteiger partial charge is 0.0457 e. The molecule has 2 N–H and O–H groups in total. The standard InChI is InChI=1S/C23H15Br2ClN2/c24-14-3-7-21-17(9-14)19(11-27-21)23(13-1-5-16(26)6-2-13)20-12-28-22-8-4-15(25)10-18(20)22/h1-12,23,27-28H. The summed E-state index contributed by atoms with van der Waals surface area (Å²) in [6.07, 6.45) is 4.24. The molecule has 0 aliphatic heterocycles. The van der Waals surface area contributed by atoms with E-state index < -0.39 is 0 Å². The molecule has 0 aliphatic rings. The molecule has 0 bridgehead atoms. The maximum atomic E-state index is 6.17. The van der Waals surface area contributed by atoms with Gasteiger partial charge in [0.2, 0.25) is 0 Å². The Hall–Kier alpha value is -2.01. The van der Waals surface area contributed by atoms with Gasteiger partial charge in [-0.25, -0.2) is 0 Å². The highest BCUT2D eigenvalue weighted by atomic mass is 79.9. The summed E-state index contributed by atoms with van der Waals surface area (Å²) in [6.45, 7) is 0. The number of aromatic nitrogens is 2. The predicted octanol–water partition coefficient (Wildman–Crippen LogP) is 8.01. The van der Waals surface area contributed by atoms with E-state index in [9.17, 15) is 0 Å². The van der Waals surface area contributed by atoms with Crippen LogP contribution in [0.25, 0.3) is 21.8 Å². The van der Waals surface area contributed by atoms with Crippen LogP contribution in [-0.2, 0) is 0 Å². The second-order valence-corrected chi connectivity index (χ2v) is 9.12. The predicted molar refractivity (Wildman–Crippen MR) is 124 cm³/mol. The quantitative estimate of drug-likeness (QED) is 0.244. The molecule has 5 heteroatoms. The SMILES string of the molecule is Clc1ccc(C(c2c[nH]c3ccc(Br)cc23)c2c[nH]c3ccc(Br)cc23)cc1. The highest BCUT2D eigenvalue weighted by Gasteiger charge is 2.23. The van der Waals surface area contributed by atoms with Gasteiger partial charge in [0.1, 0.15) is 0 Å². The Kier molecular flexibility index (Phi) is 4.58. The molecule has 3 aromatic carbocycles. The minimum atomic E-state index is 0.0726. The first-order valence-corrected chi connectivity index (χ1v) is 10.8. The van der Waals surface area contributed by atoms with Crippen LogP contribution in [0.15, 0.2) is 82.0 Å². The lowest BCUT2D eigenvalue weighted by Crippen LogP contribution is -2.02. The van der Waals surface area contributed by atoms with Crippen molar-refractivity contribution in [2.75, 3.05) is 0 Å². The molecule has 0 radical (unpaired) electrons. The lowest BCUT2D eigenvalue weighted by molar-refractivity contribution is 0.998. The number of aromatic amines is 2. The fraction of sp³-hybridized carbons (Fsp3) is 0.0435. The molecular formula is C23H15Br2ClN2. The number of nitrogens with one attached hydrogen (secondary N) is 2. The number of halogens is 3. The monoisotopic (exact) mass is 512 g/mol.